The lowest BCUT2D eigenvalue weighted by molar-refractivity contribution is 0.0989. The van der Waals surface area contributed by atoms with Gasteiger partial charge in [-0.25, -0.2) is 0 Å². The molecule has 2 aromatic rings. The van der Waals surface area contributed by atoms with Crippen LogP contribution in [0, 0.1) is 13.8 Å². The van der Waals surface area contributed by atoms with E-state index >= 15 is 0 Å². The number of aromatic nitrogens is 4. The second-order valence-electron chi connectivity index (χ2n) is 3.62. The number of carbonyl (C=O) groups is 1. The predicted octanol–water partition coefficient (Wildman–Crippen LogP) is 0.845. The van der Waals surface area contributed by atoms with Crippen molar-refractivity contribution in [2.24, 2.45) is 7.05 Å². The Kier molecular flexibility index (Phi) is 2.55. The highest BCUT2D eigenvalue weighted by Crippen LogP contribution is 2.15. The maximum Gasteiger partial charge on any atom is 0.182 e. The molecule has 0 saturated heterocycles. The second-order valence-corrected chi connectivity index (χ2v) is 3.62. The number of rotatable bonds is 3. The zero-order chi connectivity index (χ0) is 11.7. The minimum Gasteiger partial charge on any atom is -0.466 e. The summed E-state index contributed by atoms with van der Waals surface area (Å²) in [5.41, 5.74) is 0.588. The van der Waals surface area contributed by atoms with E-state index in [0.717, 1.165) is 5.76 Å². The first-order valence-corrected chi connectivity index (χ1v) is 4.89. The molecular weight excluding hydrogens is 208 g/mol. The Hall–Kier alpha value is -1.98. The molecular formula is C10H12N4O2. The highest BCUT2D eigenvalue weighted by molar-refractivity contribution is 5.98. The van der Waals surface area contributed by atoms with Gasteiger partial charge >= 0.3 is 0 Å². The van der Waals surface area contributed by atoms with Crippen LogP contribution in [0.2, 0.25) is 0 Å². The van der Waals surface area contributed by atoms with Gasteiger partial charge in [-0.05, 0) is 25.1 Å². The zero-order valence-electron chi connectivity index (χ0n) is 9.39. The molecule has 0 aromatic carbocycles. The summed E-state index contributed by atoms with van der Waals surface area (Å²) < 4.78 is 5.30. The summed E-state index contributed by atoms with van der Waals surface area (Å²) in [4.78, 5) is 13.2. The molecule has 0 bridgehead atoms. The lowest BCUT2D eigenvalue weighted by atomic mass is 10.1. The number of ketones is 1. The largest absolute Gasteiger partial charge is 0.466 e. The number of carbonyl (C=O) groups excluding carboxylic acids is 1. The number of aryl methyl sites for hydroxylation is 3. The molecule has 0 saturated carbocycles. The van der Waals surface area contributed by atoms with Crippen LogP contribution in [-0.4, -0.2) is 26.0 Å². The van der Waals surface area contributed by atoms with Gasteiger partial charge in [-0.15, -0.1) is 10.2 Å². The van der Waals surface area contributed by atoms with Crippen molar-refractivity contribution in [3.8, 4) is 0 Å². The van der Waals surface area contributed by atoms with Crippen molar-refractivity contribution in [1.29, 1.82) is 0 Å². The van der Waals surface area contributed by atoms with Crippen molar-refractivity contribution in [3.63, 3.8) is 0 Å². The molecule has 0 aliphatic carbocycles. The van der Waals surface area contributed by atoms with Crippen LogP contribution >= 0.6 is 0 Å². The molecule has 6 nitrogen and oxygen atoms in total. The van der Waals surface area contributed by atoms with Crippen LogP contribution in [-0.2, 0) is 13.5 Å². The molecule has 0 amide bonds. The van der Waals surface area contributed by atoms with Crippen molar-refractivity contribution in [1.82, 2.24) is 20.2 Å². The molecule has 0 fully saturated rings. The number of Topliss-reactive ketones (excluding diaryl/α,β-unsaturated/α-hetero) is 1. The SMILES string of the molecule is Cc1cc(C(=O)Cc2nnn(C)n2)c(C)o1. The Balaban J connectivity index is 2.17. The van der Waals surface area contributed by atoms with Crippen LogP contribution in [0.15, 0.2) is 10.5 Å². The first-order valence-electron chi connectivity index (χ1n) is 4.89. The third-order valence-corrected chi connectivity index (χ3v) is 2.21. The minimum atomic E-state index is -0.0534. The summed E-state index contributed by atoms with van der Waals surface area (Å²) >= 11 is 0. The molecule has 0 spiro atoms. The second kappa shape index (κ2) is 3.88. The first kappa shape index (κ1) is 10.5. The fourth-order valence-electron chi connectivity index (χ4n) is 1.54. The Morgan fingerprint density at radius 2 is 2.25 bits per heavy atom. The van der Waals surface area contributed by atoms with E-state index in [2.05, 4.69) is 15.4 Å². The highest BCUT2D eigenvalue weighted by atomic mass is 16.3. The van der Waals surface area contributed by atoms with Crippen molar-refractivity contribution >= 4 is 5.78 Å². The summed E-state index contributed by atoms with van der Waals surface area (Å²) in [6, 6.07) is 1.73. The van der Waals surface area contributed by atoms with Crippen LogP contribution in [0.25, 0.3) is 0 Å². The van der Waals surface area contributed by atoms with E-state index in [1.54, 1.807) is 20.0 Å². The van der Waals surface area contributed by atoms with Gasteiger partial charge in [0.25, 0.3) is 0 Å². The molecule has 0 radical (unpaired) electrons. The van der Waals surface area contributed by atoms with Gasteiger partial charge in [0.15, 0.2) is 11.6 Å². The average Bonchev–Trinajstić information content (AvgIpc) is 2.73. The van der Waals surface area contributed by atoms with Crippen molar-refractivity contribution in [2.45, 2.75) is 20.3 Å². The third-order valence-electron chi connectivity index (χ3n) is 2.21. The number of tetrazole rings is 1. The molecule has 2 heterocycles. The number of furan rings is 1. The minimum absolute atomic E-state index is 0.0534. The fourth-order valence-corrected chi connectivity index (χ4v) is 1.54. The van der Waals surface area contributed by atoms with E-state index in [0.29, 0.717) is 17.1 Å². The van der Waals surface area contributed by atoms with E-state index in [9.17, 15) is 4.79 Å². The topological polar surface area (TPSA) is 73.8 Å². The maximum atomic E-state index is 11.9. The van der Waals surface area contributed by atoms with E-state index < -0.39 is 0 Å². The lowest BCUT2D eigenvalue weighted by Crippen LogP contribution is -2.05. The molecule has 0 N–H and O–H groups in total. The first-order chi connectivity index (χ1) is 7.56. The standard InChI is InChI=1S/C10H12N4O2/c1-6-4-8(7(2)16-6)9(15)5-10-11-13-14(3)12-10/h4H,5H2,1-3H3. The Morgan fingerprint density at radius 3 is 2.75 bits per heavy atom. The fraction of sp³-hybridized carbons (Fsp3) is 0.400. The van der Waals surface area contributed by atoms with Gasteiger partial charge in [-0.3, -0.25) is 4.79 Å². The number of nitrogens with zero attached hydrogens (tertiary/aromatic N) is 4. The van der Waals surface area contributed by atoms with E-state index in [4.69, 9.17) is 4.42 Å². The normalized spacial score (nSPS) is 10.7. The zero-order valence-corrected chi connectivity index (χ0v) is 9.39. The van der Waals surface area contributed by atoms with E-state index in [1.165, 1.54) is 4.80 Å². The maximum absolute atomic E-state index is 11.9. The monoisotopic (exact) mass is 220 g/mol. The summed E-state index contributed by atoms with van der Waals surface area (Å²) in [5.74, 6) is 1.73. The number of hydrogen-bond acceptors (Lipinski definition) is 5. The Morgan fingerprint density at radius 1 is 1.50 bits per heavy atom. The van der Waals surface area contributed by atoms with Crippen LogP contribution in [0.4, 0.5) is 0 Å². The molecule has 0 atom stereocenters. The highest BCUT2D eigenvalue weighted by Gasteiger charge is 2.16. The van der Waals surface area contributed by atoms with Crippen molar-refractivity contribution < 1.29 is 9.21 Å². The lowest BCUT2D eigenvalue weighted by Gasteiger charge is -1.94. The van der Waals surface area contributed by atoms with Gasteiger partial charge in [0.2, 0.25) is 0 Å². The third kappa shape index (κ3) is 2.00. The van der Waals surface area contributed by atoms with Gasteiger partial charge in [0.05, 0.1) is 19.0 Å². The Labute approximate surface area is 92.3 Å². The van der Waals surface area contributed by atoms with E-state index in [1.807, 2.05) is 6.92 Å². The molecule has 16 heavy (non-hydrogen) atoms. The quantitative estimate of drug-likeness (QED) is 0.717. The van der Waals surface area contributed by atoms with Crippen LogP contribution < -0.4 is 0 Å². The summed E-state index contributed by atoms with van der Waals surface area (Å²) in [5, 5.41) is 11.4. The molecule has 2 aromatic heterocycles. The Bertz CT molecular complexity index is 527. The van der Waals surface area contributed by atoms with Crippen LogP contribution in [0.3, 0.4) is 0 Å². The molecule has 0 unspecified atom stereocenters. The van der Waals surface area contributed by atoms with Crippen molar-refractivity contribution in [3.05, 3.63) is 29.0 Å². The molecule has 0 aliphatic heterocycles. The molecule has 6 heteroatoms. The van der Waals surface area contributed by atoms with E-state index in [-0.39, 0.29) is 12.2 Å². The molecule has 2 rings (SSSR count). The molecule has 84 valence electrons. The average molecular weight is 220 g/mol. The smallest absolute Gasteiger partial charge is 0.182 e. The van der Waals surface area contributed by atoms with Crippen LogP contribution in [0.5, 0.6) is 0 Å². The van der Waals surface area contributed by atoms with Crippen molar-refractivity contribution in [2.75, 3.05) is 0 Å². The van der Waals surface area contributed by atoms with Gasteiger partial charge in [-0.1, -0.05) is 0 Å². The van der Waals surface area contributed by atoms with Gasteiger partial charge in [0, 0.05) is 0 Å². The van der Waals surface area contributed by atoms with Gasteiger partial charge in [0.1, 0.15) is 11.5 Å². The van der Waals surface area contributed by atoms with Crippen LogP contribution in [0.1, 0.15) is 27.7 Å². The summed E-state index contributed by atoms with van der Waals surface area (Å²) in [6.07, 6.45) is 0.146. The summed E-state index contributed by atoms with van der Waals surface area (Å²) in [6.45, 7) is 3.58. The van der Waals surface area contributed by atoms with Gasteiger partial charge in [-0.2, -0.15) is 4.80 Å². The van der Waals surface area contributed by atoms with Gasteiger partial charge < -0.3 is 4.42 Å². The molecule has 0 aliphatic rings. The summed E-state index contributed by atoms with van der Waals surface area (Å²) in [7, 11) is 1.66. The predicted molar refractivity (Wildman–Crippen MR) is 55.0 cm³/mol. The number of hydrogen-bond donors (Lipinski definition) is 0.